The van der Waals surface area contributed by atoms with E-state index in [0.717, 1.165) is 44.6 Å². The number of rotatable bonds is 3. The number of fused-ring (bicyclic) bond motifs is 3. The number of benzene rings is 2. The van der Waals surface area contributed by atoms with Crippen molar-refractivity contribution in [2.24, 2.45) is 4.40 Å². The zero-order valence-corrected chi connectivity index (χ0v) is 18.6. The Bertz CT molecular complexity index is 1170. The normalized spacial score (nSPS) is 19.9. The Balaban J connectivity index is 1.44. The molecule has 0 unspecified atom stereocenters. The molecule has 0 aromatic heterocycles. The molecule has 0 aliphatic carbocycles. The third kappa shape index (κ3) is 3.98. The highest BCUT2D eigenvalue weighted by Crippen LogP contribution is 2.35. The standard InChI is InChI=1S/C23H26N4O4S/c28-23(24-18-6-3-4-7-19(18)26-12-14-31-15-13-26)17-9-10-20-21(16-17)32(29,30)25-22-8-2-1-5-11-27(20)22/h3-4,6-7,9-10,16H,1-2,5,8,11-15H2,(H,24,28). The second-order valence-electron chi connectivity index (χ2n) is 8.20. The van der Waals surface area contributed by atoms with E-state index in [1.54, 1.807) is 12.1 Å². The summed E-state index contributed by atoms with van der Waals surface area (Å²) in [5, 5.41) is 2.96. The first-order valence-electron chi connectivity index (χ1n) is 11.0. The van der Waals surface area contributed by atoms with Crippen molar-refractivity contribution < 1.29 is 17.9 Å². The SMILES string of the molecule is O=C(Nc1ccccc1N1CCOCC1)c1ccc2c(c1)S(=O)(=O)N=C1CCCCCN12. The molecule has 0 bridgehead atoms. The lowest BCUT2D eigenvalue weighted by Crippen LogP contribution is -2.36. The monoisotopic (exact) mass is 454 g/mol. The van der Waals surface area contributed by atoms with Gasteiger partial charge in [-0.3, -0.25) is 4.79 Å². The van der Waals surface area contributed by atoms with Gasteiger partial charge in [-0.25, -0.2) is 0 Å². The molecule has 5 rings (SSSR count). The third-order valence-corrected chi connectivity index (χ3v) is 7.45. The number of para-hydroxylation sites is 2. The second kappa shape index (κ2) is 8.55. The lowest BCUT2D eigenvalue weighted by Gasteiger charge is -2.30. The topological polar surface area (TPSA) is 91.3 Å². The summed E-state index contributed by atoms with van der Waals surface area (Å²) in [4.78, 5) is 17.3. The summed E-state index contributed by atoms with van der Waals surface area (Å²) in [7, 11) is -3.84. The molecule has 8 nitrogen and oxygen atoms in total. The van der Waals surface area contributed by atoms with Crippen LogP contribution in [0.2, 0.25) is 0 Å². The highest BCUT2D eigenvalue weighted by molar-refractivity contribution is 7.90. The van der Waals surface area contributed by atoms with E-state index in [9.17, 15) is 13.2 Å². The number of morpholine rings is 1. The fourth-order valence-electron chi connectivity index (χ4n) is 4.47. The van der Waals surface area contributed by atoms with Crippen molar-refractivity contribution >= 4 is 38.8 Å². The van der Waals surface area contributed by atoms with Gasteiger partial charge in [0.2, 0.25) is 0 Å². The van der Waals surface area contributed by atoms with E-state index >= 15 is 0 Å². The molecule has 168 valence electrons. The van der Waals surface area contributed by atoms with Gasteiger partial charge in [0, 0.05) is 31.6 Å². The molecule has 3 aliphatic heterocycles. The summed E-state index contributed by atoms with van der Waals surface area (Å²) in [6, 6.07) is 12.5. The predicted octanol–water partition coefficient (Wildman–Crippen LogP) is 3.26. The maximum Gasteiger partial charge on any atom is 0.286 e. The second-order valence-corrected chi connectivity index (χ2v) is 9.77. The van der Waals surface area contributed by atoms with Gasteiger partial charge in [0.15, 0.2) is 0 Å². The molecule has 2 saturated heterocycles. The summed E-state index contributed by atoms with van der Waals surface area (Å²) in [5.41, 5.74) is 2.51. The fraction of sp³-hybridized carbons (Fsp3) is 0.391. The zero-order chi connectivity index (χ0) is 22.1. The Hall–Kier alpha value is -2.91. The summed E-state index contributed by atoms with van der Waals surface area (Å²) in [6.45, 7) is 3.52. The van der Waals surface area contributed by atoms with Crippen LogP contribution in [0.3, 0.4) is 0 Å². The van der Waals surface area contributed by atoms with Gasteiger partial charge in [-0.15, -0.1) is 4.40 Å². The van der Waals surface area contributed by atoms with Crippen LogP contribution in [0.15, 0.2) is 51.8 Å². The van der Waals surface area contributed by atoms with Gasteiger partial charge >= 0.3 is 0 Å². The van der Waals surface area contributed by atoms with Crippen molar-refractivity contribution in [1.29, 1.82) is 0 Å². The number of sulfonamides is 1. The Morgan fingerprint density at radius 1 is 0.969 bits per heavy atom. The average molecular weight is 455 g/mol. The molecule has 0 radical (unpaired) electrons. The number of carbonyl (C=O) groups excluding carboxylic acids is 1. The van der Waals surface area contributed by atoms with E-state index in [4.69, 9.17) is 4.74 Å². The van der Waals surface area contributed by atoms with Gasteiger partial charge in [-0.2, -0.15) is 8.42 Å². The predicted molar refractivity (Wildman–Crippen MR) is 124 cm³/mol. The quantitative estimate of drug-likeness (QED) is 0.766. The van der Waals surface area contributed by atoms with E-state index in [0.29, 0.717) is 36.8 Å². The van der Waals surface area contributed by atoms with E-state index in [1.165, 1.54) is 6.07 Å². The lowest BCUT2D eigenvalue weighted by molar-refractivity contribution is 0.102. The summed E-state index contributed by atoms with van der Waals surface area (Å²) in [6.07, 6.45) is 3.62. The number of hydrogen-bond donors (Lipinski definition) is 1. The number of carbonyl (C=O) groups is 1. The highest BCUT2D eigenvalue weighted by atomic mass is 32.2. The molecule has 9 heteroatoms. The molecule has 32 heavy (non-hydrogen) atoms. The molecular weight excluding hydrogens is 428 g/mol. The van der Waals surface area contributed by atoms with Crippen LogP contribution >= 0.6 is 0 Å². The third-order valence-electron chi connectivity index (χ3n) is 6.11. The van der Waals surface area contributed by atoms with Gasteiger partial charge in [-0.1, -0.05) is 18.6 Å². The van der Waals surface area contributed by atoms with Crippen molar-refractivity contribution in [3.8, 4) is 0 Å². The smallest absolute Gasteiger partial charge is 0.286 e. The van der Waals surface area contributed by atoms with Crippen molar-refractivity contribution in [1.82, 2.24) is 0 Å². The van der Waals surface area contributed by atoms with Gasteiger partial charge in [0.25, 0.3) is 15.9 Å². The minimum Gasteiger partial charge on any atom is -0.378 e. The number of nitrogens with one attached hydrogen (secondary N) is 1. The zero-order valence-electron chi connectivity index (χ0n) is 17.8. The Morgan fingerprint density at radius 2 is 1.78 bits per heavy atom. The van der Waals surface area contributed by atoms with Crippen LogP contribution in [-0.4, -0.2) is 53.0 Å². The highest BCUT2D eigenvalue weighted by Gasteiger charge is 2.32. The number of amidine groups is 1. The number of ether oxygens (including phenoxy) is 1. The van der Waals surface area contributed by atoms with Crippen LogP contribution < -0.4 is 15.1 Å². The molecule has 3 aliphatic rings. The lowest BCUT2D eigenvalue weighted by atomic mass is 10.1. The summed E-state index contributed by atoms with van der Waals surface area (Å²) in [5.74, 6) is 0.251. The summed E-state index contributed by atoms with van der Waals surface area (Å²) < 4.78 is 35.2. The van der Waals surface area contributed by atoms with Gasteiger partial charge in [0.1, 0.15) is 10.7 Å². The van der Waals surface area contributed by atoms with Crippen molar-refractivity contribution in [2.75, 3.05) is 48.0 Å². The average Bonchev–Trinajstić information content (AvgIpc) is 3.05. The van der Waals surface area contributed by atoms with E-state index < -0.39 is 10.0 Å². The molecule has 1 N–H and O–H groups in total. The molecule has 2 aromatic rings. The van der Waals surface area contributed by atoms with Gasteiger partial charge < -0.3 is 19.9 Å². The maximum absolute atomic E-state index is 13.1. The Morgan fingerprint density at radius 3 is 2.62 bits per heavy atom. The Kier molecular flexibility index (Phi) is 5.60. The summed E-state index contributed by atoms with van der Waals surface area (Å²) >= 11 is 0. The Labute approximate surface area is 187 Å². The first-order chi connectivity index (χ1) is 15.5. The largest absolute Gasteiger partial charge is 0.378 e. The minimum atomic E-state index is -3.84. The number of nitrogens with zero attached hydrogens (tertiary/aromatic N) is 3. The molecule has 2 aromatic carbocycles. The van der Waals surface area contributed by atoms with E-state index in [2.05, 4.69) is 14.6 Å². The minimum absolute atomic E-state index is 0.0947. The molecule has 0 saturated carbocycles. The molecule has 2 fully saturated rings. The van der Waals surface area contributed by atoms with Crippen LogP contribution in [0.1, 0.15) is 36.0 Å². The van der Waals surface area contributed by atoms with Crippen LogP contribution in [0.5, 0.6) is 0 Å². The fourth-order valence-corrected chi connectivity index (χ4v) is 5.76. The van der Waals surface area contributed by atoms with Crippen LogP contribution in [0.25, 0.3) is 0 Å². The molecule has 1 amide bonds. The van der Waals surface area contributed by atoms with Gasteiger partial charge in [0.05, 0.1) is 30.3 Å². The van der Waals surface area contributed by atoms with E-state index in [1.807, 2.05) is 29.2 Å². The number of amides is 1. The first kappa shape index (κ1) is 21.0. The molecular formula is C23H26N4O4S. The van der Waals surface area contributed by atoms with Crippen LogP contribution in [-0.2, 0) is 14.8 Å². The molecule has 0 atom stereocenters. The number of hydrogen-bond acceptors (Lipinski definition) is 6. The van der Waals surface area contributed by atoms with Gasteiger partial charge in [-0.05, 0) is 43.2 Å². The first-order valence-corrected chi connectivity index (χ1v) is 12.5. The van der Waals surface area contributed by atoms with Crippen molar-refractivity contribution in [2.45, 2.75) is 30.6 Å². The molecule has 3 heterocycles. The number of anilines is 3. The molecule has 0 spiro atoms. The maximum atomic E-state index is 13.1. The van der Waals surface area contributed by atoms with E-state index in [-0.39, 0.29) is 16.4 Å². The van der Waals surface area contributed by atoms with Crippen LogP contribution in [0.4, 0.5) is 17.1 Å². The van der Waals surface area contributed by atoms with Crippen LogP contribution in [0, 0.1) is 0 Å². The van der Waals surface area contributed by atoms with Crippen molar-refractivity contribution in [3.05, 3.63) is 48.0 Å². The van der Waals surface area contributed by atoms with Crippen molar-refractivity contribution in [3.63, 3.8) is 0 Å².